The summed E-state index contributed by atoms with van der Waals surface area (Å²) in [6, 6.07) is 12.0. The number of nitrogens with one attached hydrogen (secondary N) is 1. The molecule has 0 unspecified atom stereocenters. The minimum atomic E-state index is -3.79. The number of rotatable bonds is 5. The van der Waals surface area contributed by atoms with Crippen LogP contribution in [0.3, 0.4) is 0 Å². The third-order valence-electron chi connectivity index (χ3n) is 4.60. The van der Waals surface area contributed by atoms with Gasteiger partial charge in [-0.15, -0.1) is 0 Å². The van der Waals surface area contributed by atoms with Crippen LogP contribution in [0.5, 0.6) is 0 Å². The molecule has 1 saturated heterocycles. The first-order valence-corrected chi connectivity index (χ1v) is 11.3. The van der Waals surface area contributed by atoms with Crippen LogP contribution in [0, 0.1) is 0 Å². The second kappa shape index (κ2) is 9.36. The lowest BCUT2D eigenvalue weighted by Crippen LogP contribution is -2.50. The van der Waals surface area contributed by atoms with E-state index in [1.54, 1.807) is 41.0 Å². The van der Waals surface area contributed by atoms with E-state index in [1.807, 2.05) is 0 Å². The molecule has 8 nitrogen and oxygen atoms in total. The normalized spacial score (nSPS) is 14.3. The van der Waals surface area contributed by atoms with E-state index < -0.39 is 10.0 Å². The zero-order valence-electron chi connectivity index (χ0n) is 16.4. The van der Waals surface area contributed by atoms with E-state index in [1.165, 1.54) is 24.3 Å². The molecule has 0 saturated carbocycles. The maximum atomic E-state index is 12.7. The molecule has 30 heavy (non-hydrogen) atoms. The first-order chi connectivity index (χ1) is 14.3. The largest absolute Gasteiger partial charge is 0.450 e. The quantitative estimate of drug-likeness (QED) is 0.753. The number of halogens is 1. The molecule has 2 amide bonds. The predicted molar refractivity (Wildman–Crippen MR) is 113 cm³/mol. The maximum Gasteiger partial charge on any atom is 0.409 e. The van der Waals surface area contributed by atoms with Crippen LogP contribution in [0.2, 0.25) is 5.02 Å². The average Bonchev–Trinajstić information content (AvgIpc) is 2.75. The van der Waals surface area contributed by atoms with Crippen molar-refractivity contribution in [2.24, 2.45) is 0 Å². The van der Waals surface area contributed by atoms with Gasteiger partial charge in [0, 0.05) is 42.5 Å². The van der Waals surface area contributed by atoms with Crippen molar-refractivity contribution in [3.05, 3.63) is 59.1 Å². The van der Waals surface area contributed by atoms with Gasteiger partial charge in [0.25, 0.3) is 15.9 Å². The van der Waals surface area contributed by atoms with Gasteiger partial charge in [-0.3, -0.25) is 9.52 Å². The van der Waals surface area contributed by atoms with Crippen molar-refractivity contribution < 1.29 is 22.7 Å². The number of nitrogens with zero attached hydrogens (tertiary/aromatic N) is 2. The summed E-state index contributed by atoms with van der Waals surface area (Å²) >= 11 is 5.81. The Bertz CT molecular complexity index is 1000. The van der Waals surface area contributed by atoms with Gasteiger partial charge in [-0.1, -0.05) is 11.6 Å². The summed E-state index contributed by atoms with van der Waals surface area (Å²) in [7, 11) is -3.79. The highest BCUT2D eigenvalue weighted by molar-refractivity contribution is 7.92. The van der Waals surface area contributed by atoms with E-state index in [0.717, 1.165) is 0 Å². The Morgan fingerprint density at radius 3 is 2.10 bits per heavy atom. The lowest BCUT2D eigenvalue weighted by Gasteiger charge is -2.34. The van der Waals surface area contributed by atoms with Crippen LogP contribution < -0.4 is 4.72 Å². The summed E-state index contributed by atoms with van der Waals surface area (Å²) in [5.41, 5.74) is 0.768. The van der Waals surface area contributed by atoms with E-state index in [2.05, 4.69) is 4.72 Å². The Morgan fingerprint density at radius 2 is 1.53 bits per heavy atom. The van der Waals surface area contributed by atoms with E-state index in [0.29, 0.717) is 49.1 Å². The van der Waals surface area contributed by atoms with Crippen molar-refractivity contribution in [2.45, 2.75) is 11.8 Å². The fraction of sp³-hybridized carbons (Fsp3) is 0.300. The molecule has 2 aromatic rings. The molecule has 3 rings (SSSR count). The number of sulfonamides is 1. The average molecular weight is 452 g/mol. The van der Waals surface area contributed by atoms with Crippen LogP contribution in [-0.4, -0.2) is 63.0 Å². The number of amides is 2. The van der Waals surface area contributed by atoms with Gasteiger partial charge in [-0.2, -0.15) is 0 Å². The van der Waals surface area contributed by atoms with Crippen LogP contribution in [0.4, 0.5) is 10.5 Å². The molecule has 0 aliphatic carbocycles. The molecule has 0 bridgehead atoms. The lowest BCUT2D eigenvalue weighted by atomic mass is 10.2. The molecule has 1 fully saturated rings. The van der Waals surface area contributed by atoms with Crippen LogP contribution in [0.1, 0.15) is 17.3 Å². The third-order valence-corrected chi connectivity index (χ3v) is 6.25. The summed E-state index contributed by atoms with van der Waals surface area (Å²) in [4.78, 5) is 27.7. The van der Waals surface area contributed by atoms with E-state index in [4.69, 9.17) is 16.3 Å². The van der Waals surface area contributed by atoms with Gasteiger partial charge in [-0.05, 0) is 55.5 Å². The Kier molecular flexibility index (Phi) is 6.84. The molecule has 160 valence electrons. The predicted octanol–water partition coefficient (Wildman–Crippen LogP) is 3.06. The molecular weight excluding hydrogens is 430 g/mol. The second-order valence-corrected chi connectivity index (χ2v) is 8.73. The number of benzene rings is 2. The zero-order valence-corrected chi connectivity index (χ0v) is 17.9. The minimum absolute atomic E-state index is 0.0427. The van der Waals surface area contributed by atoms with Gasteiger partial charge in [0.2, 0.25) is 0 Å². The highest BCUT2D eigenvalue weighted by atomic mass is 35.5. The highest BCUT2D eigenvalue weighted by Crippen LogP contribution is 2.19. The molecule has 1 aliphatic heterocycles. The highest BCUT2D eigenvalue weighted by Gasteiger charge is 2.25. The molecule has 1 heterocycles. The Hall–Kier alpha value is -2.78. The van der Waals surface area contributed by atoms with Crippen molar-refractivity contribution >= 4 is 39.3 Å². The molecule has 1 N–H and O–H groups in total. The van der Waals surface area contributed by atoms with Gasteiger partial charge in [0.1, 0.15) is 0 Å². The molecule has 2 aromatic carbocycles. The molecule has 0 atom stereocenters. The number of carbonyl (C=O) groups excluding carboxylic acids is 2. The summed E-state index contributed by atoms with van der Waals surface area (Å²) < 4.78 is 32.5. The lowest BCUT2D eigenvalue weighted by molar-refractivity contribution is 0.0570. The number of piperazine rings is 1. The number of anilines is 1. The third kappa shape index (κ3) is 5.22. The first kappa shape index (κ1) is 21.9. The van der Waals surface area contributed by atoms with Gasteiger partial charge in [0.05, 0.1) is 11.5 Å². The smallest absolute Gasteiger partial charge is 0.409 e. The summed E-state index contributed by atoms with van der Waals surface area (Å²) in [6.07, 6.45) is -0.382. The van der Waals surface area contributed by atoms with Crippen LogP contribution in [-0.2, 0) is 14.8 Å². The summed E-state index contributed by atoms with van der Waals surface area (Å²) in [6.45, 7) is 3.60. The number of carbonyl (C=O) groups is 2. The van der Waals surface area contributed by atoms with Gasteiger partial charge in [0.15, 0.2) is 0 Å². The SMILES string of the molecule is CCOC(=O)N1CCN(C(=O)c2ccc(S(=O)(=O)Nc3ccc(Cl)cc3)cc2)CC1. The topological polar surface area (TPSA) is 96.0 Å². The summed E-state index contributed by atoms with van der Waals surface area (Å²) in [5, 5.41) is 0.504. The Morgan fingerprint density at radius 1 is 0.967 bits per heavy atom. The number of hydrogen-bond donors (Lipinski definition) is 1. The number of hydrogen-bond acceptors (Lipinski definition) is 5. The number of ether oxygens (including phenoxy) is 1. The van der Waals surface area contributed by atoms with Crippen molar-refractivity contribution in [2.75, 3.05) is 37.5 Å². The van der Waals surface area contributed by atoms with Crippen LogP contribution in [0.25, 0.3) is 0 Å². The molecule has 1 aliphatic rings. The van der Waals surface area contributed by atoms with Gasteiger partial charge >= 0.3 is 6.09 Å². The maximum absolute atomic E-state index is 12.7. The monoisotopic (exact) mass is 451 g/mol. The van der Waals surface area contributed by atoms with Crippen molar-refractivity contribution in [3.8, 4) is 0 Å². The molecular formula is C20H22ClN3O5S. The van der Waals surface area contributed by atoms with E-state index >= 15 is 0 Å². The minimum Gasteiger partial charge on any atom is -0.450 e. The summed E-state index contributed by atoms with van der Waals surface area (Å²) in [5.74, 6) is -0.215. The van der Waals surface area contributed by atoms with E-state index in [-0.39, 0.29) is 16.9 Å². The fourth-order valence-corrected chi connectivity index (χ4v) is 4.18. The van der Waals surface area contributed by atoms with E-state index in [9.17, 15) is 18.0 Å². The van der Waals surface area contributed by atoms with Gasteiger partial charge < -0.3 is 14.5 Å². The first-order valence-electron chi connectivity index (χ1n) is 9.39. The van der Waals surface area contributed by atoms with Crippen LogP contribution in [0.15, 0.2) is 53.4 Å². The molecule has 0 spiro atoms. The zero-order chi connectivity index (χ0) is 21.7. The Labute approximate surface area is 180 Å². The Balaban J connectivity index is 1.63. The molecule has 0 radical (unpaired) electrons. The second-order valence-electron chi connectivity index (χ2n) is 6.61. The molecule has 0 aromatic heterocycles. The van der Waals surface area contributed by atoms with Crippen LogP contribution >= 0.6 is 11.6 Å². The van der Waals surface area contributed by atoms with Crippen molar-refractivity contribution in [1.82, 2.24) is 9.80 Å². The fourth-order valence-electron chi connectivity index (χ4n) is 3.00. The van der Waals surface area contributed by atoms with Crippen molar-refractivity contribution in [1.29, 1.82) is 0 Å². The molecule has 10 heteroatoms. The van der Waals surface area contributed by atoms with Gasteiger partial charge in [-0.25, -0.2) is 13.2 Å². The van der Waals surface area contributed by atoms with Crippen molar-refractivity contribution in [3.63, 3.8) is 0 Å². The standard InChI is InChI=1S/C20H22ClN3O5S/c1-2-29-20(26)24-13-11-23(12-14-24)19(25)15-3-9-18(10-4-15)30(27,28)22-17-7-5-16(21)6-8-17/h3-10,22H,2,11-14H2,1H3.